The Bertz CT molecular complexity index is 934. The Kier molecular flexibility index (Phi) is 5.27. The predicted octanol–water partition coefficient (Wildman–Crippen LogP) is 4.42. The first-order valence-corrected chi connectivity index (χ1v) is 8.50. The van der Waals surface area contributed by atoms with E-state index in [4.69, 9.17) is 9.15 Å². The van der Waals surface area contributed by atoms with Crippen LogP contribution in [0.3, 0.4) is 0 Å². The highest BCUT2D eigenvalue weighted by molar-refractivity contribution is 6.20. The van der Waals surface area contributed by atoms with Crippen LogP contribution in [0.1, 0.15) is 25.8 Å². The van der Waals surface area contributed by atoms with Gasteiger partial charge in [-0.2, -0.15) is 0 Å². The van der Waals surface area contributed by atoms with Crippen molar-refractivity contribution in [3.8, 4) is 11.5 Å². The number of rotatable bonds is 6. The largest absolute Gasteiger partial charge is 0.462 e. The molecule has 1 aromatic heterocycles. The molecule has 0 spiro atoms. The normalized spacial score (nSPS) is 11.5. The molecule has 0 aliphatic rings. The summed E-state index contributed by atoms with van der Waals surface area (Å²) in [6.07, 6.45) is 1.80. The number of Topliss-reactive ketones (excluding diaryl/α,β-unsaturated/α-hetero) is 1. The van der Waals surface area contributed by atoms with E-state index in [-0.39, 0.29) is 24.4 Å². The second kappa shape index (κ2) is 7.78. The number of carbonyl (C=O) groups is 2. The zero-order chi connectivity index (χ0) is 18.5. The molecule has 0 radical (unpaired) electrons. The number of oxazole rings is 1. The average Bonchev–Trinajstić information content (AvgIpc) is 3.10. The van der Waals surface area contributed by atoms with Crippen LogP contribution in [0.4, 0.5) is 0 Å². The summed E-state index contributed by atoms with van der Waals surface area (Å²) in [6.45, 7) is 3.65. The van der Waals surface area contributed by atoms with E-state index in [9.17, 15) is 9.59 Å². The zero-order valence-corrected chi connectivity index (χ0v) is 14.7. The molecule has 0 amide bonds. The molecule has 0 aliphatic heterocycles. The topological polar surface area (TPSA) is 69.4 Å². The minimum Gasteiger partial charge on any atom is -0.462 e. The van der Waals surface area contributed by atoms with E-state index in [1.807, 2.05) is 48.5 Å². The Hall–Kier alpha value is -3.21. The van der Waals surface area contributed by atoms with Gasteiger partial charge in [0.1, 0.15) is 11.1 Å². The Morgan fingerprint density at radius 2 is 1.81 bits per heavy atom. The van der Waals surface area contributed by atoms with E-state index in [0.717, 1.165) is 22.2 Å². The van der Waals surface area contributed by atoms with E-state index >= 15 is 0 Å². The maximum Gasteiger partial charge on any atom is 0.341 e. The summed E-state index contributed by atoms with van der Waals surface area (Å²) in [7, 11) is 0. The van der Waals surface area contributed by atoms with Gasteiger partial charge >= 0.3 is 5.97 Å². The Labute approximate surface area is 151 Å². The van der Waals surface area contributed by atoms with Gasteiger partial charge in [-0.3, -0.25) is 4.79 Å². The molecule has 2 aromatic carbocycles. The summed E-state index contributed by atoms with van der Waals surface area (Å²) in [6, 6.07) is 14.9. The second-order valence-corrected chi connectivity index (χ2v) is 5.66. The number of esters is 1. The van der Waals surface area contributed by atoms with Crippen molar-refractivity contribution in [2.75, 3.05) is 6.61 Å². The number of para-hydroxylation sites is 2. The molecule has 1 heterocycles. The molecule has 3 aromatic rings. The van der Waals surface area contributed by atoms with Crippen molar-refractivity contribution in [1.82, 2.24) is 4.98 Å². The number of benzene rings is 2. The first-order chi connectivity index (χ1) is 12.6. The molecule has 0 N–H and O–H groups in total. The molecule has 5 nitrogen and oxygen atoms in total. The van der Waals surface area contributed by atoms with Gasteiger partial charge in [0.05, 0.1) is 6.61 Å². The summed E-state index contributed by atoms with van der Waals surface area (Å²) >= 11 is 0. The zero-order valence-electron chi connectivity index (χ0n) is 14.7. The fourth-order valence-corrected chi connectivity index (χ4v) is 2.54. The number of ketones is 1. The number of fused-ring (bicyclic) bond motifs is 1. The summed E-state index contributed by atoms with van der Waals surface area (Å²) in [5, 5.41) is 0. The van der Waals surface area contributed by atoms with Crippen molar-refractivity contribution < 1.29 is 18.7 Å². The van der Waals surface area contributed by atoms with Crippen molar-refractivity contribution in [2.24, 2.45) is 0 Å². The molecule has 0 atom stereocenters. The molecule has 0 unspecified atom stereocenters. The minimum atomic E-state index is -0.595. The van der Waals surface area contributed by atoms with Crippen LogP contribution in [-0.4, -0.2) is 23.3 Å². The third kappa shape index (κ3) is 3.72. The molecule has 5 heteroatoms. The first-order valence-electron chi connectivity index (χ1n) is 8.50. The van der Waals surface area contributed by atoms with Crippen LogP contribution < -0.4 is 0 Å². The van der Waals surface area contributed by atoms with Crippen LogP contribution in [0.2, 0.25) is 0 Å². The monoisotopic (exact) mass is 349 g/mol. The van der Waals surface area contributed by atoms with Gasteiger partial charge in [0.15, 0.2) is 11.4 Å². The predicted molar refractivity (Wildman–Crippen MR) is 99.4 cm³/mol. The third-order valence-electron chi connectivity index (χ3n) is 3.88. The van der Waals surface area contributed by atoms with Crippen molar-refractivity contribution in [1.29, 1.82) is 0 Å². The standard InChI is InChI=1S/C21H19NO4/c1-3-18(23)16(21(24)25-4-2)13-14-9-11-15(12-10-14)20-22-17-7-5-6-8-19(17)26-20/h5-13H,3-4H2,1-2H3/b16-13-. The van der Waals surface area contributed by atoms with Crippen LogP contribution in [0.5, 0.6) is 0 Å². The number of carbonyl (C=O) groups excluding carboxylic acids is 2. The number of hydrogen-bond donors (Lipinski definition) is 0. The van der Waals surface area contributed by atoms with Gasteiger partial charge in [-0.15, -0.1) is 0 Å². The lowest BCUT2D eigenvalue weighted by molar-refractivity contribution is -0.139. The molecule has 0 saturated heterocycles. The summed E-state index contributed by atoms with van der Waals surface area (Å²) in [5.74, 6) is -0.314. The van der Waals surface area contributed by atoms with Crippen LogP contribution in [0, 0.1) is 0 Å². The van der Waals surface area contributed by atoms with Gasteiger partial charge in [0.25, 0.3) is 0 Å². The lowest BCUT2D eigenvalue weighted by Crippen LogP contribution is -2.15. The van der Waals surface area contributed by atoms with E-state index in [1.54, 1.807) is 19.9 Å². The fourth-order valence-electron chi connectivity index (χ4n) is 2.54. The van der Waals surface area contributed by atoms with Crippen molar-refractivity contribution in [2.45, 2.75) is 20.3 Å². The molecule has 0 aliphatic carbocycles. The van der Waals surface area contributed by atoms with Gasteiger partial charge in [0, 0.05) is 12.0 Å². The molecule has 0 saturated carbocycles. The average molecular weight is 349 g/mol. The summed E-state index contributed by atoms with van der Waals surface area (Å²) in [5.41, 5.74) is 3.13. The van der Waals surface area contributed by atoms with Crippen LogP contribution >= 0.6 is 0 Å². The molecule has 132 valence electrons. The molecular formula is C21H19NO4. The molecular weight excluding hydrogens is 330 g/mol. The van der Waals surface area contributed by atoms with E-state index < -0.39 is 5.97 Å². The number of hydrogen-bond acceptors (Lipinski definition) is 5. The highest BCUT2D eigenvalue weighted by Gasteiger charge is 2.18. The minimum absolute atomic E-state index is 0.0592. The third-order valence-corrected chi connectivity index (χ3v) is 3.88. The highest BCUT2D eigenvalue weighted by atomic mass is 16.5. The van der Waals surface area contributed by atoms with Gasteiger partial charge < -0.3 is 9.15 Å². The Morgan fingerprint density at radius 3 is 2.46 bits per heavy atom. The van der Waals surface area contributed by atoms with Gasteiger partial charge in [-0.05, 0) is 42.8 Å². The lowest BCUT2D eigenvalue weighted by atomic mass is 10.0. The van der Waals surface area contributed by atoms with Crippen molar-refractivity contribution in [3.63, 3.8) is 0 Å². The van der Waals surface area contributed by atoms with E-state index in [2.05, 4.69) is 4.98 Å². The van der Waals surface area contributed by atoms with Gasteiger partial charge in [0.2, 0.25) is 5.89 Å². The fraction of sp³-hybridized carbons (Fsp3) is 0.190. The Balaban J connectivity index is 1.90. The maximum atomic E-state index is 12.0. The molecule has 26 heavy (non-hydrogen) atoms. The molecule has 0 bridgehead atoms. The summed E-state index contributed by atoms with van der Waals surface area (Å²) < 4.78 is 10.7. The van der Waals surface area contributed by atoms with Gasteiger partial charge in [-0.1, -0.05) is 31.2 Å². The van der Waals surface area contributed by atoms with E-state index in [1.165, 1.54) is 0 Å². The van der Waals surface area contributed by atoms with Crippen LogP contribution in [0.15, 0.2) is 58.5 Å². The maximum absolute atomic E-state index is 12.0. The highest BCUT2D eigenvalue weighted by Crippen LogP contribution is 2.24. The molecule has 0 fully saturated rings. The number of nitrogens with zero attached hydrogens (tertiary/aromatic N) is 1. The lowest BCUT2D eigenvalue weighted by Gasteiger charge is -2.05. The summed E-state index contributed by atoms with van der Waals surface area (Å²) in [4.78, 5) is 28.5. The van der Waals surface area contributed by atoms with E-state index in [0.29, 0.717) is 5.89 Å². The first kappa shape index (κ1) is 17.6. The van der Waals surface area contributed by atoms with Crippen molar-refractivity contribution >= 4 is 28.9 Å². The Morgan fingerprint density at radius 1 is 1.08 bits per heavy atom. The van der Waals surface area contributed by atoms with Crippen LogP contribution in [0.25, 0.3) is 28.6 Å². The van der Waals surface area contributed by atoms with Crippen LogP contribution in [-0.2, 0) is 14.3 Å². The number of aromatic nitrogens is 1. The quantitative estimate of drug-likeness (QED) is 0.285. The second-order valence-electron chi connectivity index (χ2n) is 5.66. The van der Waals surface area contributed by atoms with Crippen molar-refractivity contribution in [3.05, 3.63) is 59.7 Å². The molecule has 3 rings (SSSR count). The number of ether oxygens (including phenoxy) is 1. The SMILES string of the molecule is CCOC(=O)/C(=C\c1ccc(-c2nc3ccccc3o2)cc1)C(=O)CC. The smallest absolute Gasteiger partial charge is 0.341 e. The van der Waals surface area contributed by atoms with Gasteiger partial charge in [-0.25, -0.2) is 9.78 Å².